The molecule has 138 valence electrons. The van der Waals surface area contributed by atoms with Crippen LogP contribution in [0.2, 0.25) is 0 Å². The first kappa shape index (κ1) is 18.2. The van der Waals surface area contributed by atoms with E-state index in [1.54, 1.807) is 13.1 Å². The first-order chi connectivity index (χ1) is 12.4. The van der Waals surface area contributed by atoms with Crippen LogP contribution in [0.15, 0.2) is 36.5 Å². The third kappa shape index (κ3) is 3.00. The van der Waals surface area contributed by atoms with E-state index in [0.29, 0.717) is 19.4 Å². The van der Waals surface area contributed by atoms with E-state index in [4.69, 9.17) is 5.73 Å². The molecule has 3 rings (SSSR count). The number of piperidine rings is 1. The fourth-order valence-electron chi connectivity index (χ4n) is 4.11. The van der Waals surface area contributed by atoms with Gasteiger partial charge in [0.1, 0.15) is 5.82 Å². The number of benzene rings is 1. The standard InChI is InChI=1S/C20H26N4O2/c1-13(2)15-6-4-5-7-16(15)20(19(21)26)9-11-24(17(12-20)14(3)25)18-8-10-22-23-18/h4-8,10,13,17H,9,11-12H2,1-3H3,(H2,21,26)(H,22,23). The van der Waals surface area contributed by atoms with Gasteiger partial charge in [-0.3, -0.25) is 14.7 Å². The molecule has 1 saturated heterocycles. The lowest BCUT2D eigenvalue weighted by molar-refractivity contribution is -0.126. The van der Waals surface area contributed by atoms with Gasteiger partial charge in [0.05, 0.1) is 17.7 Å². The molecule has 0 aliphatic carbocycles. The molecule has 3 N–H and O–H groups in total. The molecule has 2 atom stereocenters. The highest BCUT2D eigenvalue weighted by atomic mass is 16.1. The molecular weight excluding hydrogens is 328 g/mol. The number of hydrogen-bond donors (Lipinski definition) is 2. The highest BCUT2D eigenvalue weighted by molar-refractivity contribution is 5.91. The van der Waals surface area contributed by atoms with E-state index in [9.17, 15) is 9.59 Å². The van der Waals surface area contributed by atoms with Gasteiger partial charge in [0.25, 0.3) is 0 Å². The molecule has 0 radical (unpaired) electrons. The average molecular weight is 354 g/mol. The lowest BCUT2D eigenvalue weighted by Crippen LogP contribution is -2.57. The van der Waals surface area contributed by atoms with Crippen LogP contribution in [0.25, 0.3) is 0 Å². The van der Waals surface area contributed by atoms with Crippen molar-refractivity contribution < 1.29 is 9.59 Å². The second kappa shape index (κ2) is 6.94. The molecule has 1 fully saturated rings. The van der Waals surface area contributed by atoms with E-state index >= 15 is 0 Å². The van der Waals surface area contributed by atoms with Crippen molar-refractivity contribution in [2.75, 3.05) is 11.4 Å². The smallest absolute Gasteiger partial charge is 0.228 e. The molecule has 26 heavy (non-hydrogen) atoms. The van der Waals surface area contributed by atoms with Crippen LogP contribution in [0.4, 0.5) is 5.82 Å². The van der Waals surface area contributed by atoms with Crippen molar-refractivity contribution >= 4 is 17.5 Å². The van der Waals surface area contributed by atoms with Crippen LogP contribution in [0.3, 0.4) is 0 Å². The zero-order valence-corrected chi connectivity index (χ0v) is 15.5. The number of aromatic nitrogens is 2. The first-order valence-corrected chi connectivity index (χ1v) is 9.02. The summed E-state index contributed by atoms with van der Waals surface area (Å²) in [5.74, 6) is 0.720. The predicted octanol–water partition coefficient (Wildman–Crippen LogP) is 2.51. The number of Topliss-reactive ketones (excluding diaryl/α,β-unsaturated/α-hetero) is 1. The summed E-state index contributed by atoms with van der Waals surface area (Å²) in [5, 5.41) is 6.91. The number of nitrogens with zero attached hydrogens (tertiary/aromatic N) is 2. The number of H-pyrrole nitrogens is 1. The first-order valence-electron chi connectivity index (χ1n) is 9.02. The number of carbonyl (C=O) groups excluding carboxylic acids is 2. The third-order valence-electron chi connectivity index (χ3n) is 5.53. The number of carbonyl (C=O) groups is 2. The molecule has 6 heteroatoms. The van der Waals surface area contributed by atoms with Crippen LogP contribution in [0, 0.1) is 0 Å². The van der Waals surface area contributed by atoms with Crippen molar-refractivity contribution in [3.05, 3.63) is 47.7 Å². The SMILES string of the molecule is CC(=O)C1CC(C(N)=O)(c2ccccc2C(C)C)CCN1c1ccn[nH]1. The minimum absolute atomic E-state index is 0.0203. The van der Waals surface area contributed by atoms with E-state index in [-0.39, 0.29) is 17.6 Å². The van der Waals surface area contributed by atoms with Gasteiger partial charge in [-0.2, -0.15) is 5.10 Å². The Labute approximate surface area is 153 Å². The molecule has 1 aromatic carbocycles. The minimum Gasteiger partial charge on any atom is -0.369 e. The zero-order valence-electron chi connectivity index (χ0n) is 15.5. The molecule has 0 spiro atoms. The number of hydrogen-bond acceptors (Lipinski definition) is 4. The average Bonchev–Trinajstić information content (AvgIpc) is 3.15. The van der Waals surface area contributed by atoms with Crippen LogP contribution in [-0.2, 0) is 15.0 Å². The van der Waals surface area contributed by atoms with Gasteiger partial charge in [0.15, 0.2) is 5.78 Å². The maximum Gasteiger partial charge on any atom is 0.228 e. The van der Waals surface area contributed by atoms with Crippen molar-refractivity contribution in [1.29, 1.82) is 0 Å². The summed E-state index contributed by atoms with van der Waals surface area (Å²) in [6.07, 6.45) is 2.60. The molecule has 2 heterocycles. The fourth-order valence-corrected chi connectivity index (χ4v) is 4.11. The minimum atomic E-state index is -0.840. The third-order valence-corrected chi connectivity index (χ3v) is 5.53. The molecule has 2 unspecified atom stereocenters. The number of primary amides is 1. The summed E-state index contributed by atoms with van der Waals surface area (Å²) in [4.78, 5) is 27.1. The normalized spacial score (nSPS) is 23.2. The highest BCUT2D eigenvalue weighted by Crippen LogP contribution is 2.42. The van der Waals surface area contributed by atoms with Crippen LogP contribution < -0.4 is 10.6 Å². The molecule has 1 amide bonds. The number of ketones is 1. The van der Waals surface area contributed by atoms with Gasteiger partial charge in [-0.25, -0.2) is 0 Å². The maximum atomic E-state index is 12.7. The molecule has 0 saturated carbocycles. The quantitative estimate of drug-likeness (QED) is 0.863. The summed E-state index contributed by atoms with van der Waals surface area (Å²) in [7, 11) is 0. The van der Waals surface area contributed by atoms with E-state index < -0.39 is 11.5 Å². The van der Waals surface area contributed by atoms with Crippen molar-refractivity contribution in [2.24, 2.45) is 5.73 Å². The van der Waals surface area contributed by atoms with E-state index in [1.807, 2.05) is 29.2 Å². The Morgan fingerprint density at radius 3 is 2.62 bits per heavy atom. The van der Waals surface area contributed by atoms with Gasteiger partial charge in [0, 0.05) is 12.6 Å². The van der Waals surface area contributed by atoms with Crippen LogP contribution in [0.1, 0.15) is 50.7 Å². The molecule has 1 aromatic heterocycles. The lowest BCUT2D eigenvalue weighted by Gasteiger charge is -2.45. The van der Waals surface area contributed by atoms with Crippen molar-refractivity contribution in [3.8, 4) is 0 Å². The summed E-state index contributed by atoms with van der Waals surface area (Å²) >= 11 is 0. The summed E-state index contributed by atoms with van der Waals surface area (Å²) < 4.78 is 0. The number of aromatic amines is 1. The van der Waals surface area contributed by atoms with Crippen LogP contribution >= 0.6 is 0 Å². The summed E-state index contributed by atoms with van der Waals surface area (Å²) in [6, 6.07) is 9.38. The van der Waals surface area contributed by atoms with Crippen molar-refractivity contribution in [2.45, 2.75) is 51.0 Å². The fraction of sp³-hybridized carbons (Fsp3) is 0.450. The maximum absolute atomic E-state index is 12.7. The zero-order chi connectivity index (χ0) is 18.9. The lowest BCUT2D eigenvalue weighted by atomic mass is 9.67. The van der Waals surface area contributed by atoms with Gasteiger partial charge in [-0.05, 0) is 36.8 Å². The molecule has 2 aromatic rings. The second-order valence-electron chi connectivity index (χ2n) is 7.40. The Kier molecular flexibility index (Phi) is 4.85. The topological polar surface area (TPSA) is 92.1 Å². The van der Waals surface area contributed by atoms with Gasteiger partial charge in [-0.15, -0.1) is 0 Å². The van der Waals surface area contributed by atoms with Crippen molar-refractivity contribution in [1.82, 2.24) is 10.2 Å². The number of nitrogens with two attached hydrogens (primary N) is 1. The predicted molar refractivity (Wildman–Crippen MR) is 101 cm³/mol. The van der Waals surface area contributed by atoms with E-state index in [1.165, 1.54) is 0 Å². The summed E-state index contributed by atoms with van der Waals surface area (Å²) in [5.41, 5.74) is 7.17. The Balaban J connectivity index is 2.07. The van der Waals surface area contributed by atoms with Crippen molar-refractivity contribution in [3.63, 3.8) is 0 Å². The monoisotopic (exact) mass is 354 g/mol. The van der Waals surface area contributed by atoms with Gasteiger partial charge in [0.2, 0.25) is 5.91 Å². The Morgan fingerprint density at radius 1 is 1.31 bits per heavy atom. The number of nitrogens with one attached hydrogen (secondary N) is 1. The summed E-state index contributed by atoms with van der Waals surface area (Å²) in [6.45, 7) is 6.34. The van der Waals surface area contributed by atoms with Crippen LogP contribution in [-0.4, -0.2) is 34.5 Å². The van der Waals surface area contributed by atoms with Gasteiger partial charge < -0.3 is 10.6 Å². The number of rotatable bonds is 5. The van der Waals surface area contributed by atoms with E-state index in [0.717, 1.165) is 16.9 Å². The molecule has 1 aliphatic heterocycles. The highest BCUT2D eigenvalue weighted by Gasteiger charge is 2.48. The number of anilines is 1. The molecule has 6 nitrogen and oxygen atoms in total. The Hall–Kier alpha value is -2.63. The van der Waals surface area contributed by atoms with E-state index in [2.05, 4.69) is 30.1 Å². The largest absolute Gasteiger partial charge is 0.369 e. The molecule has 1 aliphatic rings. The Bertz CT molecular complexity index is 800. The second-order valence-corrected chi connectivity index (χ2v) is 7.40. The van der Waals surface area contributed by atoms with Crippen LogP contribution in [0.5, 0.6) is 0 Å². The Morgan fingerprint density at radius 2 is 2.04 bits per heavy atom. The van der Waals surface area contributed by atoms with Gasteiger partial charge in [-0.1, -0.05) is 38.1 Å². The number of amides is 1. The van der Waals surface area contributed by atoms with Gasteiger partial charge >= 0.3 is 0 Å². The molecule has 0 bridgehead atoms. The molecular formula is C20H26N4O2.